The minimum absolute atomic E-state index is 0.0464. The first-order chi connectivity index (χ1) is 14.9. The van der Waals surface area contributed by atoms with Crippen LogP contribution in [0.2, 0.25) is 0 Å². The van der Waals surface area contributed by atoms with Gasteiger partial charge in [-0.1, -0.05) is 18.2 Å². The molecule has 0 unspecified atom stereocenters. The molecule has 9 heteroatoms. The summed E-state index contributed by atoms with van der Waals surface area (Å²) >= 11 is 0. The van der Waals surface area contributed by atoms with E-state index in [1.54, 1.807) is 43.4 Å². The highest BCUT2D eigenvalue weighted by Crippen LogP contribution is 2.26. The Morgan fingerprint density at radius 1 is 1.26 bits per heavy atom. The van der Waals surface area contributed by atoms with Crippen molar-refractivity contribution in [2.45, 2.75) is 25.0 Å². The van der Waals surface area contributed by atoms with E-state index in [1.807, 2.05) is 0 Å². The minimum Gasteiger partial charge on any atom is -0.489 e. The lowest BCUT2D eigenvalue weighted by molar-refractivity contribution is -0.127. The van der Waals surface area contributed by atoms with E-state index in [0.29, 0.717) is 48.3 Å². The molecule has 0 saturated carbocycles. The zero-order chi connectivity index (χ0) is 22.0. The molecule has 1 aliphatic rings. The van der Waals surface area contributed by atoms with Crippen molar-refractivity contribution >= 4 is 22.7 Å². The van der Waals surface area contributed by atoms with Gasteiger partial charge in [-0.3, -0.25) is 14.3 Å². The number of benzene rings is 2. The molecule has 2 heterocycles. The van der Waals surface area contributed by atoms with E-state index < -0.39 is 17.4 Å². The monoisotopic (exact) mass is 426 g/mol. The Kier molecular flexibility index (Phi) is 5.60. The highest BCUT2D eigenvalue weighted by molar-refractivity contribution is 6.07. The summed E-state index contributed by atoms with van der Waals surface area (Å²) in [4.78, 5) is 25.3. The van der Waals surface area contributed by atoms with Gasteiger partial charge in [0.2, 0.25) is 5.91 Å². The van der Waals surface area contributed by atoms with Crippen molar-refractivity contribution in [3.63, 3.8) is 0 Å². The van der Waals surface area contributed by atoms with Crippen LogP contribution in [0.1, 0.15) is 28.9 Å². The number of carbonyl (C=O) groups is 2. The van der Waals surface area contributed by atoms with Gasteiger partial charge >= 0.3 is 0 Å². The molecule has 1 saturated heterocycles. The van der Waals surface area contributed by atoms with Crippen molar-refractivity contribution in [3.8, 4) is 5.75 Å². The van der Waals surface area contributed by atoms with Gasteiger partial charge in [-0.15, -0.1) is 0 Å². The summed E-state index contributed by atoms with van der Waals surface area (Å²) in [5.41, 5.74) is 5.73. The van der Waals surface area contributed by atoms with Crippen LogP contribution in [-0.2, 0) is 23.2 Å². The van der Waals surface area contributed by atoms with Crippen molar-refractivity contribution in [2.75, 3.05) is 13.2 Å². The second-order valence-corrected chi connectivity index (χ2v) is 7.54. The fraction of sp³-hybridized carbons (Fsp3) is 0.318. The number of fused-ring (bicyclic) bond motifs is 1. The van der Waals surface area contributed by atoms with Crippen LogP contribution in [0, 0.1) is 5.82 Å². The summed E-state index contributed by atoms with van der Waals surface area (Å²) < 4.78 is 26.3. The number of aromatic nitrogens is 2. The van der Waals surface area contributed by atoms with E-state index >= 15 is 0 Å². The molecule has 0 atom stereocenters. The van der Waals surface area contributed by atoms with Crippen molar-refractivity contribution in [2.24, 2.45) is 12.8 Å². The van der Waals surface area contributed by atoms with Gasteiger partial charge in [-0.05, 0) is 24.3 Å². The van der Waals surface area contributed by atoms with Crippen LogP contribution in [0.4, 0.5) is 4.39 Å². The van der Waals surface area contributed by atoms with Crippen molar-refractivity contribution in [1.82, 2.24) is 15.1 Å². The molecule has 2 aromatic carbocycles. The molecule has 4 rings (SSSR count). The van der Waals surface area contributed by atoms with E-state index in [4.69, 9.17) is 15.2 Å². The molecule has 0 spiro atoms. The summed E-state index contributed by atoms with van der Waals surface area (Å²) in [6, 6.07) is 11.5. The lowest BCUT2D eigenvalue weighted by atomic mass is 9.89. The molecular weight excluding hydrogens is 403 g/mol. The molecule has 8 nitrogen and oxygen atoms in total. The minimum atomic E-state index is -1.16. The van der Waals surface area contributed by atoms with Gasteiger partial charge in [0.25, 0.3) is 5.91 Å². The first-order valence-electron chi connectivity index (χ1n) is 9.93. The number of ether oxygens (including phenoxy) is 2. The largest absolute Gasteiger partial charge is 0.489 e. The third kappa shape index (κ3) is 4.09. The van der Waals surface area contributed by atoms with Gasteiger partial charge in [0.15, 0.2) is 0 Å². The average Bonchev–Trinajstić information content (AvgIpc) is 3.08. The number of rotatable bonds is 6. The van der Waals surface area contributed by atoms with E-state index in [1.165, 1.54) is 10.7 Å². The first-order valence-corrected chi connectivity index (χ1v) is 9.93. The quantitative estimate of drug-likeness (QED) is 0.627. The topological polar surface area (TPSA) is 108 Å². The van der Waals surface area contributed by atoms with Crippen molar-refractivity contribution in [3.05, 3.63) is 59.5 Å². The van der Waals surface area contributed by atoms with Crippen LogP contribution < -0.4 is 15.8 Å². The molecular formula is C22H23FN4O4. The molecule has 3 aromatic rings. The molecule has 3 N–H and O–H groups in total. The highest BCUT2D eigenvalue weighted by Gasteiger charge is 2.40. The van der Waals surface area contributed by atoms with Crippen molar-refractivity contribution < 1.29 is 23.5 Å². The maximum Gasteiger partial charge on any atom is 0.271 e. The molecule has 0 bridgehead atoms. The third-order valence-electron chi connectivity index (χ3n) is 5.54. The highest BCUT2D eigenvalue weighted by atomic mass is 19.1. The SMILES string of the molecule is Cn1nc2ccc(OCc3ccccc3F)cc2c1C(=O)NC1(C(N)=O)CCOCC1. The number of primary amides is 1. The Balaban J connectivity index is 1.60. The predicted octanol–water partition coefficient (Wildman–Crippen LogP) is 2.06. The summed E-state index contributed by atoms with van der Waals surface area (Å²) in [5.74, 6) is -0.937. The molecule has 2 amide bonds. The maximum absolute atomic E-state index is 13.8. The molecule has 0 radical (unpaired) electrons. The number of nitrogens with two attached hydrogens (primary N) is 1. The molecule has 31 heavy (non-hydrogen) atoms. The second kappa shape index (κ2) is 8.35. The number of aryl methyl sites for hydroxylation is 1. The fourth-order valence-electron chi connectivity index (χ4n) is 3.74. The van der Waals surface area contributed by atoms with Gasteiger partial charge in [0.05, 0.1) is 5.52 Å². The second-order valence-electron chi connectivity index (χ2n) is 7.54. The smallest absolute Gasteiger partial charge is 0.271 e. The Labute approximate surface area is 178 Å². The summed E-state index contributed by atoms with van der Waals surface area (Å²) in [7, 11) is 1.65. The number of nitrogens with zero attached hydrogens (tertiary/aromatic N) is 2. The Morgan fingerprint density at radius 3 is 2.71 bits per heavy atom. The molecule has 162 valence electrons. The average molecular weight is 426 g/mol. The maximum atomic E-state index is 13.8. The van der Waals surface area contributed by atoms with Crippen LogP contribution in [0.3, 0.4) is 0 Å². The first kappa shape index (κ1) is 20.8. The molecule has 1 fully saturated rings. The zero-order valence-corrected chi connectivity index (χ0v) is 17.1. The van der Waals surface area contributed by atoms with Gasteiger partial charge in [-0.2, -0.15) is 5.10 Å². The predicted molar refractivity (Wildman–Crippen MR) is 111 cm³/mol. The Hall–Kier alpha value is -3.46. The lowest BCUT2D eigenvalue weighted by Crippen LogP contribution is -2.60. The summed E-state index contributed by atoms with van der Waals surface area (Å²) in [5, 5.41) is 7.73. The van der Waals surface area contributed by atoms with Crippen LogP contribution in [0.25, 0.3) is 10.9 Å². The van der Waals surface area contributed by atoms with Crippen LogP contribution in [0.15, 0.2) is 42.5 Å². The summed E-state index contributed by atoms with van der Waals surface area (Å²) in [6.07, 6.45) is 0.613. The van der Waals surface area contributed by atoms with E-state index in [2.05, 4.69) is 10.4 Å². The third-order valence-corrected chi connectivity index (χ3v) is 5.54. The Morgan fingerprint density at radius 2 is 2.00 bits per heavy atom. The number of halogens is 1. The van der Waals surface area contributed by atoms with Gasteiger partial charge in [-0.25, -0.2) is 4.39 Å². The lowest BCUT2D eigenvalue weighted by Gasteiger charge is -2.34. The van der Waals surface area contributed by atoms with Crippen LogP contribution >= 0.6 is 0 Å². The van der Waals surface area contributed by atoms with E-state index in [9.17, 15) is 14.0 Å². The van der Waals surface area contributed by atoms with E-state index in [-0.39, 0.29) is 18.1 Å². The molecule has 1 aromatic heterocycles. The van der Waals surface area contributed by atoms with Crippen molar-refractivity contribution in [1.29, 1.82) is 0 Å². The van der Waals surface area contributed by atoms with Crippen LogP contribution in [-0.4, -0.2) is 40.3 Å². The molecule has 0 aliphatic carbocycles. The van der Waals surface area contributed by atoms with Gasteiger partial charge in [0, 0.05) is 44.1 Å². The number of amides is 2. The summed E-state index contributed by atoms with van der Waals surface area (Å²) in [6.45, 7) is 0.720. The zero-order valence-electron chi connectivity index (χ0n) is 17.1. The standard InChI is InChI=1S/C22H23FN4O4/c1-27-19(20(28)25-22(21(24)29)8-10-30-11-9-22)16-12-15(6-7-18(16)26-27)31-13-14-4-2-3-5-17(14)23/h2-7,12H,8-11,13H2,1H3,(H2,24,29)(H,25,28). The number of hydrogen-bond acceptors (Lipinski definition) is 5. The number of carbonyl (C=O) groups excluding carboxylic acids is 2. The van der Waals surface area contributed by atoms with Gasteiger partial charge < -0.3 is 20.5 Å². The number of hydrogen-bond donors (Lipinski definition) is 2. The molecule has 1 aliphatic heterocycles. The fourth-order valence-corrected chi connectivity index (χ4v) is 3.74. The van der Waals surface area contributed by atoms with E-state index in [0.717, 1.165) is 0 Å². The van der Waals surface area contributed by atoms with Crippen LogP contribution in [0.5, 0.6) is 5.75 Å². The normalized spacial score (nSPS) is 15.5. The number of nitrogens with one attached hydrogen (secondary N) is 1. The van der Waals surface area contributed by atoms with Gasteiger partial charge in [0.1, 0.15) is 29.4 Å². The Bertz CT molecular complexity index is 1140.